The van der Waals surface area contributed by atoms with Crippen LogP contribution in [0.4, 0.5) is 11.4 Å². The first-order chi connectivity index (χ1) is 15.7. The number of para-hydroxylation sites is 1. The molecule has 8 nitrogen and oxygen atoms in total. The summed E-state index contributed by atoms with van der Waals surface area (Å²) in [5.41, 5.74) is 7.85. The van der Waals surface area contributed by atoms with E-state index < -0.39 is 29.8 Å². The highest BCUT2D eigenvalue weighted by atomic mass is 16.5. The van der Waals surface area contributed by atoms with Gasteiger partial charge in [0.15, 0.2) is 6.10 Å². The minimum Gasteiger partial charge on any atom is -0.452 e. The van der Waals surface area contributed by atoms with Crippen LogP contribution in [0.15, 0.2) is 48.5 Å². The van der Waals surface area contributed by atoms with E-state index in [0.29, 0.717) is 11.3 Å². The Hall–Kier alpha value is -3.68. The molecule has 2 aromatic carbocycles. The number of primary amides is 1. The summed E-state index contributed by atoms with van der Waals surface area (Å²) in [4.78, 5) is 50.6. The molecular weight excluding hydrogens is 422 g/mol. The minimum atomic E-state index is -1.05. The van der Waals surface area contributed by atoms with Crippen molar-refractivity contribution >= 4 is 35.1 Å². The molecule has 0 radical (unpaired) electrons. The molecule has 0 aromatic heterocycles. The van der Waals surface area contributed by atoms with Gasteiger partial charge in [-0.1, -0.05) is 32.0 Å². The van der Waals surface area contributed by atoms with Gasteiger partial charge in [0, 0.05) is 29.9 Å². The molecule has 0 aliphatic carbocycles. The maximum absolute atomic E-state index is 12.7. The fourth-order valence-electron chi connectivity index (χ4n) is 3.75. The van der Waals surface area contributed by atoms with Gasteiger partial charge in [-0.05, 0) is 55.2 Å². The van der Waals surface area contributed by atoms with Crippen molar-refractivity contribution in [2.45, 2.75) is 45.6 Å². The van der Waals surface area contributed by atoms with Crippen LogP contribution < -0.4 is 16.0 Å². The predicted octanol–water partition coefficient (Wildman–Crippen LogP) is 3.22. The van der Waals surface area contributed by atoms with E-state index in [0.717, 1.165) is 17.7 Å². The first kappa shape index (κ1) is 24.0. The number of esters is 1. The van der Waals surface area contributed by atoms with Crippen molar-refractivity contribution in [2.75, 3.05) is 16.8 Å². The number of nitrogens with zero attached hydrogens (tertiary/aromatic N) is 1. The van der Waals surface area contributed by atoms with Crippen LogP contribution >= 0.6 is 0 Å². The molecule has 3 amide bonds. The van der Waals surface area contributed by atoms with Crippen LogP contribution in [0.5, 0.6) is 0 Å². The van der Waals surface area contributed by atoms with Crippen molar-refractivity contribution in [1.82, 2.24) is 0 Å². The second-order valence-electron chi connectivity index (χ2n) is 8.28. The molecule has 1 aliphatic heterocycles. The third kappa shape index (κ3) is 5.58. The molecule has 174 valence electrons. The lowest BCUT2D eigenvalue weighted by molar-refractivity contribution is -0.157. The summed E-state index contributed by atoms with van der Waals surface area (Å²) in [6.07, 6.45) is -0.0798. The van der Waals surface area contributed by atoms with Crippen LogP contribution in [0, 0.1) is 5.92 Å². The first-order valence-corrected chi connectivity index (χ1v) is 11.0. The van der Waals surface area contributed by atoms with Crippen molar-refractivity contribution in [3.05, 3.63) is 59.7 Å². The van der Waals surface area contributed by atoms with Crippen molar-refractivity contribution < 1.29 is 23.9 Å². The lowest BCUT2D eigenvalue weighted by atomic mass is 9.96. The molecular formula is C25H29N3O5. The van der Waals surface area contributed by atoms with Crippen molar-refractivity contribution in [1.29, 1.82) is 0 Å². The van der Waals surface area contributed by atoms with Crippen LogP contribution in [0.3, 0.4) is 0 Å². The zero-order chi connectivity index (χ0) is 24.1. The summed E-state index contributed by atoms with van der Waals surface area (Å²) in [6, 6.07) is 13.8. The van der Waals surface area contributed by atoms with Gasteiger partial charge in [-0.25, -0.2) is 0 Å². The Morgan fingerprint density at radius 3 is 2.42 bits per heavy atom. The number of carbonyl (C=O) groups excluding carboxylic acids is 4. The van der Waals surface area contributed by atoms with Crippen molar-refractivity contribution in [2.24, 2.45) is 11.7 Å². The van der Waals surface area contributed by atoms with E-state index in [1.807, 2.05) is 24.3 Å². The number of nitrogens with two attached hydrogens (primary N) is 1. The maximum atomic E-state index is 12.7. The molecule has 0 bridgehead atoms. The standard InChI is InChI=1S/C25H29N3O5/c1-4-15(2)20-7-5-6-8-21(20)28-14-18(13-22(28)29)25(32)33-16(3)24(31)27-19-11-9-17(10-12-19)23(26)30/h5-12,15-16,18H,4,13-14H2,1-3H3,(H2,26,30)(H,27,31)/t15-,16-,18-/m0/s1. The summed E-state index contributed by atoms with van der Waals surface area (Å²) in [7, 11) is 0. The van der Waals surface area contributed by atoms with Crippen LogP contribution in [-0.4, -0.2) is 36.3 Å². The minimum absolute atomic E-state index is 0.0383. The lowest BCUT2D eigenvalue weighted by Crippen LogP contribution is -2.33. The molecule has 33 heavy (non-hydrogen) atoms. The average Bonchev–Trinajstić information content (AvgIpc) is 3.20. The Labute approximate surface area is 193 Å². The molecule has 8 heteroatoms. The number of hydrogen-bond donors (Lipinski definition) is 2. The molecule has 1 heterocycles. The predicted molar refractivity (Wildman–Crippen MR) is 125 cm³/mol. The van der Waals surface area contributed by atoms with Gasteiger partial charge in [0.1, 0.15) is 0 Å². The molecule has 1 aliphatic rings. The molecule has 0 unspecified atom stereocenters. The quantitative estimate of drug-likeness (QED) is 0.598. The second-order valence-corrected chi connectivity index (χ2v) is 8.28. The summed E-state index contributed by atoms with van der Waals surface area (Å²) < 4.78 is 5.36. The van der Waals surface area contributed by atoms with Gasteiger partial charge in [-0.15, -0.1) is 0 Å². The Morgan fingerprint density at radius 1 is 1.12 bits per heavy atom. The van der Waals surface area contributed by atoms with E-state index in [1.165, 1.54) is 31.2 Å². The van der Waals surface area contributed by atoms with Crippen LogP contribution in [0.1, 0.15) is 55.5 Å². The Kier molecular flexibility index (Phi) is 7.48. The number of ether oxygens (including phenoxy) is 1. The second kappa shape index (κ2) is 10.3. The first-order valence-electron chi connectivity index (χ1n) is 11.0. The number of nitrogens with one attached hydrogen (secondary N) is 1. The zero-order valence-electron chi connectivity index (χ0n) is 19.0. The monoisotopic (exact) mass is 451 g/mol. The topological polar surface area (TPSA) is 119 Å². The third-order valence-electron chi connectivity index (χ3n) is 5.93. The van der Waals surface area contributed by atoms with Gasteiger partial charge < -0.3 is 20.7 Å². The normalized spacial score (nSPS) is 17.4. The smallest absolute Gasteiger partial charge is 0.312 e. The number of carbonyl (C=O) groups is 4. The van der Waals surface area contributed by atoms with E-state index in [2.05, 4.69) is 19.2 Å². The Bertz CT molecular complexity index is 1050. The molecule has 1 saturated heterocycles. The van der Waals surface area contributed by atoms with Crippen LogP contribution in [0.25, 0.3) is 0 Å². The van der Waals surface area contributed by atoms with Gasteiger partial charge in [0.05, 0.1) is 5.92 Å². The van der Waals surface area contributed by atoms with E-state index in [9.17, 15) is 19.2 Å². The van der Waals surface area contributed by atoms with Gasteiger partial charge in [-0.3, -0.25) is 19.2 Å². The van der Waals surface area contributed by atoms with E-state index in [4.69, 9.17) is 10.5 Å². The van der Waals surface area contributed by atoms with Crippen LogP contribution in [-0.2, 0) is 19.1 Å². The Morgan fingerprint density at radius 2 is 1.79 bits per heavy atom. The van der Waals surface area contributed by atoms with Crippen molar-refractivity contribution in [3.63, 3.8) is 0 Å². The van der Waals surface area contributed by atoms with E-state index in [1.54, 1.807) is 4.90 Å². The van der Waals surface area contributed by atoms with Gasteiger partial charge in [0.2, 0.25) is 11.8 Å². The fourth-order valence-corrected chi connectivity index (χ4v) is 3.75. The molecule has 0 spiro atoms. The average molecular weight is 452 g/mol. The van der Waals surface area contributed by atoms with E-state index in [-0.39, 0.29) is 24.8 Å². The number of rotatable bonds is 8. The molecule has 1 fully saturated rings. The highest BCUT2D eigenvalue weighted by molar-refractivity contribution is 6.01. The highest BCUT2D eigenvalue weighted by Crippen LogP contribution is 2.33. The van der Waals surface area contributed by atoms with Crippen LogP contribution in [0.2, 0.25) is 0 Å². The summed E-state index contributed by atoms with van der Waals surface area (Å²) >= 11 is 0. The summed E-state index contributed by atoms with van der Waals surface area (Å²) in [5.74, 6) is -2.17. The van der Waals surface area contributed by atoms with Gasteiger partial charge in [0.25, 0.3) is 5.91 Å². The summed E-state index contributed by atoms with van der Waals surface area (Å²) in [6.45, 7) is 5.88. The maximum Gasteiger partial charge on any atom is 0.312 e. The van der Waals surface area contributed by atoms with Crippen molar-refractivity contribution in [3.8, 4) is 0 Å². The number of hydrogen-bond acceptors (Lipinski definition) is 5. The Balaban J connectivity index is 1.61. The van der Waals surface area contributed by atoms with Gasteiger partial charge in [-0.2, -0.15) is 0 Å². The molecule has 3 atom stereocenters. The SMILES string of the molecule is CC[C@H](C)c1ccccc1N1C[C@@H](C(=O)O[C@@H](C)C(=O)Nc2ccc(C(N)=O)cc2)CC1=O. The molecule has 3 N–H and O–H groups in total. The molecule has 3 rings (SSSR count). The molecule has 2 aromatic rings. The molecule has 0 saturated carbocycles. The van der Waals surface area contributed by atoms with E-state index >= 15 is 0 Å². The number of amides is 3. The largest absolute Gasteiger partial charge is 0.452 e. The lowest BCUT2D eigenvalue weighted by Gasteiger charge is -2.23. The highest BCUT2D eigenvalue weighted by Gasteiger charge is 2.38. The zero-order valence-corrected chi connectivity index (χ0v) is 19.0. The number of anilines is 2. The third-order valence-corrected chi connectivity index (χ3v) is 5.93. The number of benzene rings is 2. The fraction of sp³-hybridized carbons (Fsp3) is 0.360. The summed E-state index contributed by atoms with van der Waals surface area (Å²) in [5, 5.41) is 2.63. The van der Waals surface area contributed by atoms with Gasteiger partial charge >= 0.3 is 5.97 Å².